The Hall–Kier alpha value is -1.98. The van der Waals surface area contributed by atoms with Crippen molar-refractivity contribution in [2.24, 2.45) is 7.05 Å². The van der Waals surface area contributed by atoms with Crippen molar-refractivity contribution in [1.82, 2.24) is 24.3 Å². The highest BCUT2D eigenvalue weighted by Gasteiger charge is 2.03. The summed E-state index contributed by atoms with van der Waals surface area (Å²) in [5, 5.41) is 3.90. The van der Waals surface area contributed by atoms with E-state index in [0.717, 1.165) is 0 Å². The zero-order valence-corrected chi connectivity index (χ0v) is 7.66. The summed E-state index contributed by atoms with van der Waals surface area (Å²) >= 11 is 0. The minimum atomic E-state index is -0.169. The van der Waals surface area contributed by atoms with E-state index in [4.69, 9.17) is 0 Å². The molecule has 0 aliphatic carbocycles. The van der Waals surface area contributed by atoms with E-state index in [1.54, 1.807) is 25.5 Å². The first-order valence-electron chi connectivity index (χ1n) is 4.12. The molecule has 14 heavy (non-hydrogen) atoms. The first-order valence-corrected chi connectivity index (χ1v) is 4.12. The van der Waals surface area contributed by atoms with Crippen molar-refractivity contribution >= 4 is 0 Å². The van der Waals surface area contributed by atoms with Crippen LogP contribution in [0.5, 0.6) is 0 Å². The summed E-state index contributed by atoms with van der Waals surface area (Å²) in [4.78, 5) is 19.4. The van der Waals surface area contributed by atoms with Crippen molar-refractivity contribution < 1.29 is 0 Å². The van der Waals surface area contributed by atoms with Crippen LogP contribution in [-0.4, -0.2) is 24.3 Å². The first kappa shape index (κ1) is 8.61. The van der Waals surface area contributed by atoms with Gasteiger partial charge in [-0.05, 0) is 6.07 Å². The van der Waals surface area contributed by atoms with Crippen LogP contribution in [0.4, 0.5) is 0 Å². The van der Waals surface area contributed by atoms with E-state index in [1.807, 2.05) is 0 Å². The topological polar surface area (TPSA) is 65.6 Å². The van der Waals surface area contributed by atoms with Crippen LogP contribution in [0.1, 0.15) is 5.82 Å². The van der Waals surface area contributed by atoms with Crippen LogP contribution in [-0.2, 0) is 13.6 Å². The van der Waals surface area contributed by atoms with Crippen LogP contribution in [0.15, 0.2) is 29.6 Å². The van der Waals surface area contributed by atoms with Gasteiger partial charge in [0.25, 0.3) is 0 Å². The van der Waals surface area contributed by atoms with Crippen LogP contribution >= 0.6 is 0 Å². The number of hydrogen-bond donors (Lipinski definition) is 0. The maximum atomic E-state index is 11.4. The maximum Gasteiger partial charge on any atom is 0.345 e. The van der Waals surface area contributed by atoms with Gasteiger partial charge in [-0.3, -0.25) is 4.57 Å². The molecule has 2 heterocycles. The average molecular weight is 191 g/mol. The van der Waals surface area contributed by atoms with Crippen LogP contribution in [0, 0.1) is 0 Å². The molecular formula is C8H9N5O. The predicted molar refractivity (Wildman–Crippen MR) is 48.6 cm³/mol. The number of aryl methyl sites for hydroxylation is 1. The molecule has 2 aromatic heterocycles. The lowest BCUT2D eigenvalue weighted by Gasteiger charge is -1.96. The average Bonchev–Trinajstić information content (AvgIpc) is 2.52. The summed E-state index contributed by atoms with van der Waals surface area (Å²) in [6, 6.07) is 1.73. The number of nitrogens with zero attached hydrogens (tertiary/aromatic N) is 5. The summed E-state index contributed by atoms with van der Waals surface area (Å²) in [5.74, 6) is 0.577. The quantitative estimate of drug-likeness (QED) is 0.637. The Morgan fingerprint density at radius 3 is 2.64 bits per heavy atom. The summed E-state index contributed by atoms with van der Waals surface area (Å²) in [7, 11) is 1.65. The van der Waals surface area contributed by atoms with Crippen molar-refractivity contribution in [3.63, 3.8) is 0 Å². The fourth-order valence-corrected chi connectivity index (χ4v) is 1.07. The predicted octanol–water partition coefficient (Wildman–Crippen LogP) is -0.580. The molecule has 72 valence electrons. The largest absolute Gasteiger partial charge is 0.345 e. The normalized spacial score (nSPS) is 10.4. The summed E-state index contributed by atoms with van der Waals surface area (Å²) in [6.07, 6.45) is 4.73. The van der Waals surface area contributed by atoms with E-state index in [2.05, 4.69) is 15.1 Å². The maximum absolute atomic E-state index is 11.4. The molecule has 0 saturated heterocycles. The Kier molecular flexibility index (Phi) is 2.10. The Balaban J connectivity index is 2.28. The van der Waals surface area contributed by atoms with Gasteiger partial charge in [-0.2, -0.15) is 5.10 Å². The molecule has 0 bridgehead atoms. The first-order chi connectivity index (χ1) is 6.77. The van der Waals surface area contributed by atoms with Gasteiger partial charge in [-0.25, -0.2) is 19.4 Å². The van der Waals surface area contributed by atoms with Gasteiger partial charge in [-0.15, -0.1) is 0 Å². The molecule has 0 aromatic carbocycles. The third kappa shape index (κ3) is 1.54. The minimum Gasteiger partial charge on any atom is -0.285 e. The van der Waals surface area contributed by atoms with Crippen molar-refractivity contribution in [2.75, 3.05) is 0 Å². The van der Waals surface area contributed by atoms with Crippen molar-refractivity contribution in [3.8, 4) is 0 Å². The monoisotopic (exact) mass is 191 g/mol. The molecule has 0 spiro atoms. The molecule has 0 aliphatic heterocycles. The zero-order valence-electron chi connectivity index (χ0n) is 7.66. The van der Waals surface area contributed by atoms with E-state index in [9.17, 15) is 4.79 Å². The van der Waals surface area contributed by atoms with E-state index in [-0.39, 0.29) is 5.69 Å². The highest BCUT2D eigenvalue weighted by Crippen LogP contribution is 1.88. The van der Waals surface area contributed by atoms with Gasteiger partial charge in [0, 0.05) is 19.4 Å². The zero-order chi connectivity index (χ0) is 9.97. The molecule has 0 N–H and O–H groups in total. The molecule has 2 rings (SSSR count). The van der Waals surface area contributed by atoms with Crippen LogP contribution in [0.25, 0.3) is 0 Å². The number of aromatic nitrogens is 5. The Bertz CT molecular complexity index is 472. The van der Waals surface area contributed by atoms with Crippen LogP contribution in [0.2, 0.25) is 0 Å². The molecule has 0 fully saturated rings. The molecule has 0 unspecified atom stereocenters. The Morgan fingerprint density at radius 2 is 2.07 bits per heavy atom. The lowest BCUT2D eigenvalue weighted by atomic mass is 10.5. The lowest BCUT2D eigenvalue weighted by Crippen LogP contribution is -2.24. The van der Waals surface area contributed by atoms with Crippen molar-refractivity contribution in [3.05, 3.63) is 41.1 Å². The van der Waals surface area contributed by atoms with Crippen LogP contribution < -0.4 is 5.69 Å². The Morgan fingerprint density at radius 1 is 1.36 bits per heavy atom. The minimum absolute atomic E-state index is 0.169. The third-order valence-corrected chi connectivity index (χ3v) is 1.80. The highest BCUT2D eigenvalue weighted by atomic mass is 16.2. The van der Waals surface area contributed by atoms with Crippen LogP contribution in [0.3, 0.4) is 0 Å². The molecule has 0 aliphatic rings. The van der Waals surface area contributed by atoms with Gasteiger partial charge < -0.3 is 0 Å². The number of rotatable bonds is 2. The summed E-state index contributed by atoms with van der Waals surface area (Å²) in [6.45, 7) is 0.306. The van der Waals surface area contributed by atoms with Crippen molar-refractivity contribution in [1.29, 1.82) is 0 Å². The van der Waals surface area contributed by atoms with Gasteiger partial charge in [0.1, 0.15) is 18.7 Å². The molecule has 6 nitrogen and oxygen atoms in total. The molecule has 0 saturated carbocycles. The van der Waals surface area contributed by atoms with Gasteiger partial charge in [-0.1, -0.05) is 0 Å². The third-order valence-electron chi connectivity index (χ3n) is 1.80. The highest BCUT2D eigenvalue weighted by molar-refractivity contribution is 4.88. The van der Waals surface area contributed by atoms with Gasteiger partial charge in [0.15, 0.2) is 0 Å². The fourth-order valence-electron chi connectivity index (χ4n) is 1.07. The fraction of sp³-hybridized carbons (Fsp3) is 0.250. The van der Waals surface area contributed by atoms with E-state index < -0.39 is 0 Å². The summed E-state index contributed by atoms with van der Waals surface area (Å²) in [5.41, 5.74) is -0.169. The smallest absolute Gasteiger partial charge is 0.285 e. The number of hydrogen-bond acceptors (Lipinski definition) is 4. The Labute approximate surface area is 79.9 Å². The summed E-state index contributed by atoms with van der Waals surface area (Å²) < 4.78 is 2.72. The van der Waals surface area contributed by atoms with E-state index in [1.165, 1.54) is 15.6 Å². The second-order valence-corrected chi connectivity index (χ2v) is 2.85. The molecule has 6 heteroatoms. The second kappa shape index (κ2) is 3.41. The molecule has 2 aromatic rings. The van der Waals surface area contributed by atoms with Gasteiger partial charge in [0.2, 0.25) is 0 Å². The lowest BCUT2D eigenvalue weighted by molar-refractivity contribution is 0.621. The van der Waals surface area contributed by atoms with E-state index in [0.29, 0.717) is 12.4 Å². The SMILES string of the molecule is Cn1cnn(Cc2ncccn2)c1=O. The molecule has 0 radical (unpaired) electrons. The van der Waals surface area contributed by atoms with Gasteiger partial charge in [0.05, 0.1) is 0 Å². The standard InChI is InChI=1S/C8H9N5O/c1-12-6-11-13(8(12)14)5-7-9-3-2-4-10-7/h2-4,6H,5H2,1H3. The molecule has 0 amide bonds. The molecular weight excluding hydrogens is 182 g/mol. The second-order valence-electron chi connectivity index (χ2n) is 2.85. The van der Waals surface area contributed by atoms with Crippen molar-refractivity contribution in [2.45, 2.75) is 6.54 Å². The van der Waals surface area contributed by atoms with Gasteiger partial charge >= 0.3 is 5.69 Å². The molecule has 0 atom stereocenters. The van der Waals surface area contributed by atoms with E-state index >= 15 is 0 Å².